The Bertz CT molecular complexity index is 1010. The fourth-order valence-corrected chi connectivity index (χ4v) is 4.97. The Morgan fingerprint density at radius 3 is 2.58 bits per heavy atom. The van der Waals surface area contributed by atoms with E-state index in [4.69, 9.17) is 0 Å². The van der Waals surface area contributed by atoms with Gasteiger partial charge in [-0.2, -0.15) is 0 Å². The zero-order valence-electron chi connectivity index (χ0n) is 13.7. The molecular formula is C19H19NO3S. The summed E-state index contributed by atoms with van der Waals surface area (Å²) in [6.07, 6.45) is 9.85. The average Bonchev–Trinajstić information content (AvgIpc) is 2.99. The van der Waals surface area contributed by atoms with Crippen LogP contribution in [0.1, 0.15) is 36.2 Å². The molecule has 0 amide bonds. The van der Waals surface area contributed by atoms with Crippen molar-refractivity contribution in [3.05, 3.63) is 65.9 Å². The summed E-state index contributed by atoms with van der Waals surface area (Å²) >= 11 is 0. The van der Waals surface area contributed by atoms with Crippen LogP contribution in [0, 0.1) is 0 Å². The number of carbonyl (C=O) groups excluding carboxylic acids is 1. The second kappa shape index (κ2) is 5.60. The number of allylic oxidation sites excluding steroid dienone is 3. The van der Waals surface area contributed by atoms with Crippen LogP contribution in [0.15, 0.2) is 54.8 Å². The summed E-state index contributed by atoms with van der Waals surface area (Å²) in [6.45, 7) is 7.37. The molecule has 1 aromatic carbocycles. The van der Waals surface area contributed by atoms with E-state index in [2.05, 4.69) is 6.58 Å². The van der Waals surface area contributed by atoms with Gasteiger partial charge in [0.15, 0.2) is 6.29 Å². The first-order valence-corrected chi connectivity index (χ1v) is 9.11. The molecule has 0 saturated carbocycles. The number of aromatic nitrogens is 1. The zero-order valence-corrected chi connectivity index (χ0v) is 14.5. The fourth-order valence-electron chi connectivity index (χ4n) is 3.22. The highest BCUT2D eigenvalue weighted by atomic mass is 32.2. The van der Waals surface area contributed by atoms with Crippen LogP contribution < -0.4 is 0 Å². The van der Waals surface area contributed by atoms with Crippen LogP contribution >= 0.6 is 0 Å². The molecule has 0 N–H and O–H groups in total. The van der Waals surface area contributed by atoms with Gasteiger partial charge >= 0.3 is 0 Å². The smallest absolute Gasteiger partial charge is 0.248 e. The maximum atomic E-state index is 13.4. The van der Waals surface area contributed by atoms with Gasteiger partial charge in [-0.05, 0) is 31.9 Å². The third kappa shape index (κ3) is 2.27. The zero-order chi connectivity index (χ0) is 17.5. The van der Waals surface area contributed by atoms with Crippen molar-refractivity contribution < 1.29 is 13.2 Å². The monoisotopic (exact) mass is 341 g/mol. The Kier molecular flexibility index (Phi) is 3.84. The van der Waals surface area contributed by atoms with Crippen molar-refractivity contribution in [2.75, 3.05) is 0 Å². The SMILES string of the molecule is C=Cc1ccc(C=O)c2ccn(S(=O)(=O)C3(C)C=C(C)C=CC3)c12. The fraction of sp³-hybridized carbons (Fsp3) is 0.211. The van der Waals surface area contributed by atoms with Gasteiger partial charge in [0, 0.05) is 17.1 Å². The van der Waals surface area contributed by atoms with E-state index in [0.717, 1.165) is 11.9 Å². The van der Waals surface area contributed by atoms with Crippen molar-refractivity contribution in [2.24, 2.45) is 0 Å². The van der Waals surface area contributed by atoms with Crippen LogP contribution in [0.25, 0.3) is 17.0 Å². The van der Waals surface area contributed by atoms with Gasteiger partial charge in [0.2, 0.25) is 10.0 Å². The molecule has 124 valence electrons. The minimum Gasteiger partial charge on any atom is -0.298 e. The predicted octanol–water partition coefficient (Wildman–Crippen LogP) is 3.94. The van der Waals surface area contributed by atoms with E-state index in [1.165, 1.54) is 10.2 Å². The Hall–Kier alpha value is -2.40. The highest BCUT2D eigenvalue weighted by Gasteiger charge is 2.39. The van der Waals surface area contributed by atoms with E-state index in [1.54, 1.807) is 37.3 Å². The Morgan fingerprint density at radius 2 is 1.96 bits per heavy atom. The van der Waals surface area contributed by atoms with Gasteiger partial charge in [-0.15, -0.1) is 0 Å². The molecule has 0 spiro atoms. The van der Waals surface area contributed by atoms with Crippen molar-refractivity contribution in [1.82, 2.24) is 3.97 Å². The van der Waals surface area contributed by atoms with E-state index in [1.807, 2.05) is 19.1 Å². The summed E-state index contributed by atoms with van der Waals surface area (Å²) in [5.74, 6) is 0. The minimum absolute atomic E-state index is 0.406. The van der Waals surface area contributed by atoms with Gasteiger partial charge in [0.05, 0.1) is 5.52 Å². The molecule has 3 rings (SSSR count). The van der Waals surface area contributed by atoms with Crippen LogP contribution in [-0.2, 0) is 10.0 Å². The average molecular weight is 341 g/mol. The van der Waals surface area contributed by atoms with E-state index in [9.17, 15) is 13.2 Å². The topological polar surface area (TPSA) is 56.1 Å². The Morgan fingerprint density at radius 1 is 1.25 bits per heavy atom. The van der Waals surface area contributed by atoms with Crippen LogP contribution in [0.3, 0.4) is 0 Å². The molecule has 24 heavy (non-hydrogen) atoms. The number of nitrogens with zero attached hydrogens (tertiary/aromatic N) is 1. The standard InChI is InChI=1S/C19H19NO3S/c1-4-15-7-8-16(13-21)17-9-11-20(18(15)17)24(22,23)19(3)10-5-6-14(2)12-19/h4-9,11-13H,1,10H2,2-3H3. The maximum absolute atomic E-state index is 13.4. The molecule has 1 aliphatic rings. The first-order valence-electron chi connectivity index (χ1n) is 7.67. The maximum Gasteiger partial charge on any atom is 0.248 e. The number of hydrogen-bond donors (Lipinski definition) is 0. The third-order valence-corrected chi connectivity index (χ3v) is 6.80. The van der Waals surface area contributed by atoms with Crippen molar-refractivity contribution in [1.29, 1.82) is 0 Å². The van der Waals surface area contributed by atoms with Crippen LogP contribution in [-0.4, -0.2) is 23.4 Å². The molecule has 1 aromatic heterocycles. The molecule has 5 heteroatoms. The van der Waals surface area contributed by atoms with Crippen molar-refractivity contribution in [2.45, 2.75) is 25.0 Å². The lowest BCUT2D eigenvalue weighted by Gasteiger charge is -2.28. The third-order valence-electron chi connectivity index (χ3n) is 4.51. The Balaban J connectivity index is 2.32. The number of benzene rings is 1. The summed E-state index contributed by atoms with van der Waals surface area (Å²) in [4.78, 5) is 11.3. The predicted molar refractivity (Wildman–Crippen MR) is 97.7 cm³/mol. The van der Waals surface area contributed by atoms with Gasteiger partial charge in [-0.25, -0.2) is 12.4 Å². The second-order valence-corrected chi connectivity index (χ2v) is 8.53. The van der Waals surface area contributed by atoms with E-state index < -0.39 is 14.8 Å². The van der Waals surface area contributed by atoms with Crippen molar-refractivity contribution in [3.8, 4) is 0 Å². The number of hydrogen-bond acceptors (Lipinski definition) is 3. The number of fused-ring (bicyclic) bond motifs is 1. The molecule has 0 bridgehead atoms. The van der Waals surface area contributed by atoms with Gasteiger partial charge in [-0.1, -0.05) is 48.6 Å². The number of aldehydes is 1. The van der Waals surface area contributed by atoms with E-state index in [-0.39, 0.29) is 0 Å². The normalized spacial score (nSPS) is 20.8. The molecule has 0 radical (unpaired) electrons. The van der Waals surface area contributed by atoms with E-state index in [0.29, 0.717) is 28.5 Å². The van der Waals surface area contributed by atoms with Gasteiger partial charge in [-0.3, -0.25) is 4.79 Å². The lowest BCUT2D eigenvalue weighted by Crippen LogP contribution is -2.38. The number of carbonyl (C=O) groups is 1. The minimum atomic E-state index is -3.71. The molecule has 4 nitrogen and oxygen atoms in total. The first-order chi connectivity index (χ1) is 11.3. The summed E-state index contributed by atoms with van der Waals surface area (Å²) < 4.78 is 27.0. The molecular weight excluding hydrogens is 322 g/mol. The summed E-state index contributed by atoms with van der Waals surface area (Å²) in [7, 11) is -3.71. The lowest BCUT2D eigenvalue weighted by molar-refractivity contribution is 0.112. The van der Waals surface area contributed by atoms with Gasteiger partial charge < -0.3 is 0 Å². The highest BCUT2D eigenvalue weighted by Crippen LogP contribution is 2.34. The van der Waals surface area contributed by atoms with Crippen LogP contribution in [0.4, 0.5) is 0 Å². The molecule has 1 heterocycles. The lowest BCUT2D eigenvalue weighted by atomic mass is 9.98. The largest absolute Gasteiger partial charge is 0.298 e. The molecule has 1 aliphatic carbocycles. The van der Waals surface area contributed by atoms with Gasteiger partial charge in [0.1, 0.15) is 4.75 Å². The first kappa shape index (κ1) is 16.5. The molecule has 1 atom stereocenters. The summed E-state index contributed by atoms with van der Waals surface area (Å²) in [5.41, 5.74) is 2.56. The molecule has 0 fully saturated rings. The molecule has 0 saturated heterocycles. The summed E-state index contributed by atoms with van der Waals surface area (Å²) in [5, 5.41) is 0.613. The molecule has 0 aliphatic heterocycles. The van der Waals surface area contributed by atoms with Crippen LogP contribution in [0.5, 0.6) is 0 Å². The number of rotatable bonds is 4. The summed E-state index contributed by atoms with van der Waals surface area (Å²) in [6, 6.07) is 5.07. The Labute approximate surface area is 141 Å². The quantitative estimate of drug-likeness (QED) is 0.792. The van der Waals surface area contributed by atoms with Crippen molar-refractivity contribution >= 4 is 33.3 Å². The van der Waals surface area contributed by atoms with Crippen LogP contribution in [0.2, 0.25) is 0 Å². The molecule has 1 unspecified atom stereocenters. The second-order valence-electron chi connectivity index (χ2n) is 6.25. The highest BCUT2D eigenvalue weighted by molar-refractivity contribution is 7.91. The van der Waals surface area contributed by atoms with Crippen molar-refractivity contribution in [3.63, 3.8) is 0 Å². The molecule has 2 aromatic rings. The van der Waals surface area contributed by atoms with Gasteiger partial charge in [0.25, 0.3) is 0 Å². The van der Waals surface area contributed by atoms with E-state index >= 15 is 0 Å².